The summed E-state index contributed by atoms with van der Waals surface area (Å²) in [6, 6.07) is 75.5. The van der Waals surface area contributed by atoms with Crippen molar-refractivity contribution in [1.82, 2.24) is 0 Å². The predicted molar refractivity (Wildman–Crippen MR) is 368 cm³/mol. The van der Waals surface area contributed by atoms with Gasteiger partial charge >= 0.3 is 6.85 Å². The molecule has 5 nitrogen and oxygen atoms in total. The molecular weight excluding hydrogens is 1050 g/mol. The van der Waals surface area contributed by atoms with Crippen LogP contribution in [-0.4, -0.2) is 6.85 Å². The number of furan rings is 2. The van der Waals surface area contributed by atoms with Crippen molar-refractivity contribution in [1.29, 1.82) is 0 Å². The first kappa shape index (κ1) is 55.2. The standard InChI is InChI=1S/C80H78BN3O2/c1-76(2,3)50-25-33-55(34-26-50)82(56-35-27-51(28-36-56)77(4,5)6)58-39-40-60-62-46-64-68(48-72(62)85-71(60)45-58)84(57-37-29-52(30-38-57)78(7,8)9)81-65-44-54(80(13,14)15)32-42-67(65)83(66-41-31-53(79(10,11)12)43-61(66)49-21-17-16-18-22-49)69-47-63-59-23-19-20-24-70(59)86-75(63)73(64)74(69)81/h16-48H,1-15H3. The van der Waals surface area contributed by atoms with E-state index in [4.69, 9.17) is 8.83 Å². The molecule has 4 heterocycles. The third-order valence-electron chi connectivity index (χ3n) is 18.4. The SMILES string of the molecule is CC(C)(C)c1ccc(N2B3c4cc(C(C)(C)C)ccc4N(c4ccc(C(C)(C)C)cc4-c4ccccc4)c4cc5c(oc6ccccc65)c(c43)-c3cc4c(cc32)oc2cc(N(c3ccc(C(C)(C)C)cc3)c3ccc(C(C)(C)C)cc3)ccc24)cc1. The molecule has 6 heteroatoms. The molecule has 0 fully saturated rings. The van der Waals surface area contributed by atoms with Gasteiger partial charge < -0.3 is 23.4 Å². The summed E-state index contributed by atoms with van der Waals surface area (Å²) in [5.41, 5.74) is 25.4. The Balaban J connectivity index is 1.07. The van der Waals surface area contributed by atoms with Crippen molar-refractivity contribution >= 4 is 107 Å². The minimum Gasteiger partial charge on any atom is -0.456 e. The highest BCUT2D eigenvalue weighted by molar-refractivity contribution is 6.94. The fourth-order valence-electron chi connectivity index (χ4n) is 13.4. The normalized spacial score (nSPS) is 13.7. The fourth-order valence-corrected chi connectivity index (χ4v) is 13.4. The van der Waals surface area contributed by atoms with E-state index in [1.807, 2.05) is 0 Å². The van der Waals surface area contributed by atoms with E-state index in [0.717, 1.165) is 101 Å². The van der Waals surface area contributed by atoms with E-state index in [-0.39, 0.29) is 33.9 Å². The molecule has 0 atom stereocenters. The lowest BCUT2D eigenvalue weighted by Crippen LogP contribution is -2.61. The maximum atomic E-state index is 7.32. The lowest BCUT2D eigenvalue weighted by atomic mass is 9.43. The molecule has 428 valence electrons. The van der Waals surface area contributed by atoms with Crippen LogP contribution in [0.4, 0.5) is 45.5 Å². The summed E-state index contributed by atoms with van der Waals surface area (Å²) in [6.07, 6.45) is 0. The number of nitrogens with zero attached hydrogens (tertiary/aromatic N) is 3. The van der Waals surface area contributed by atoms with Crippen LogP contribution in [0.5, 0.6) is 0 Å². The largest absolute Gasteiger partial charge is 0.456 e. The average Bonchev–Trinajstić information content (AvgIpc) is 1.11. The molecule has 14 rings (SSSR count). The summed E-state index contributed by atoms with van der Waals surface area (Å²) in [5.74, 6) is 0. The first-order valence-corrected chi connectivity index (χ1v) is 30.8. The number of hydrogen-bond acceptors (Lipinski definition) is 5. The quantitative estimate of drug-likeness (QED) is 0.155. The van der Waals surface area contributed by atoms with Crippen LogP contribution >= 0.6 is 0 Å². The van der Waals surface area contributed by atoms with Gasteiger partial charge in [0.25, 0.3) is 0 Å². The van der Waals surface area contributed by atoms with Crippen LogP contribution in [0.2, 0.25) is 0 Å². The van der Waals surface area contributed by atoms with E-state index in [2.05, 4.69) is 319 Å². The molecule has 0 radical (unpaired) electrons. The Bertz CT molecular complexity index is 4590. The Morgan fingerprint density at radius 2 is 0.860 bits per heavy atom. The highest BCUT2D eigenvalue weighted by Gasteiger charge is 2.48. The molecule has 0 N–H and O–H groups in total. The van der Waals surface area contributed by atoms with Gasteiger partial charge in [0, 0.05) is 90.2 Å². The maximum absolute atomic E-state index is 7.32. The minimum atomic E-state index is -0.274. The number of para-hydroxylation sites is 1. The molecule has 0 bridgehead atoms. The predicted octanol–water partition coefficient (Wildman–Crippen LogP) is 21.8. The molecule has 0 unspecified atom stereocenters. The lowest BCUT2D eigenvalue weighted by Gasteiger charge is -2.46. The molecule has 86 heavy (non-hydrogen) atoms. The average molecular weight is 1120 g/mol. The van der Waals surface area contributed by atoms with E-state index in [1.165, 1.54) is 49.9 Å². The van der Waals surface area contributed by atoms with E-state index in [0.29, 0.717) is 0 Å². The number of fused-ring (bicyclic) bond motifs is 11. The van der Waals surface area contributed by atoms with Gasteiger partial charge in [-0.25, -0.2) is 0 Å². The van der Waals surface area contributed by atoms with Gasteiger partial charge in [0.2, 0.25) is 0 Å². The molecule has 2 aromatic heterocycles. The van der Waals surface area contributed by atoms with Crippen molar-refractivity contribution in [3.63, 3.8) is 0 Å². The zero-order chi connectivity index (χ0) is 60.1. The number of rotatable bonds is 6. The molecule has 0 spiro atoms. The molecular formula is C80H78BN3O2. The second kappa shape index (κ2) is 19.4. The summed E-state index contributed by atoms with van der Waals surface area (Å²) < 4.78 is 14.6. The Labute approximate surface area is 509 Å². The summed E-state index contributed by atoms with van der Waals surface area (Å²) in [6.45, 7) is 34.2. The zero-order valence-corrected chi connectivity index (χ0v) is 52.8. The lowest BCUT2D eigenvalue weighted by molar-refractivity contribution is 0.590. The van der Waals surface area contributed by atoms with Crippen molar-refractivity contribution in [3.8, 4) is 22.3 Å². The molecule has 2 aliphatic heterocycles. The second-order valence-electron chi connectivity index (χ2n) is 29.5. The van der Waals surface area contributed by atoms with E-state index in [9.17, 15) is 0 Å². The molecule has 0 aliphatic carbocycles. The number of benzene rings is 10. The van der Waals surface area contributed by atoms with Gasteiger partial charge in [-0.1, -0.05) is 207 Å². The Hall–Kier alpha value is -8.74. The van der Waals surface area contributed by atoms with Crippen LogP contribution in [-0.2, 0) is 27.1 Å². The summed E-state index contributed by atoms with van der Waals surface area (Å²) in [4.78, 5) is 7.57. The van der Waals surface area contributed by atoms with Crippen LogP contribution in [0, 0.1) is 0 Å². The summed E-state index contributed by atoms with van der Waals surface area (Å²) in [7, 11) is 0. The maximum Gasteiger partial charge on any atom is 0.333 e. The molecule has 12 aromatic rings. The van der Waals surface area contributed by atoms with Gasteiger partial charge in [0.1, 0.15) is 22.3 Å². The van der Waals surface area contributed by atoms with Gasteiger partial charge in [0.05, 0.1) is 5.69 Å². The Kier molecular flexibility index (Phi) is 12.4. The first-order chi connectivity index (χ1) is 40.8. The van der Waals surface area contributed by atoms with Gasteiger partial charge in [0.15, 0.2) is 0 Å². The second-order valence-corrected chi connectivity index (χ2v) is 29.5. The number of anilines is 8. The molecule has 0 saturated heterocycles. The molecule has 2 aliphatic rings. The molecule has 0 saturated carbocycles. The van der Waals surface area contributed by atoms with Crippen molar-refractivity contribution in [2.24, 2.45) is 0 Å². The smallest absolute Gasteiger partial charge is 0.333 e. The van der Waals surface area contributed by atoms with E-state index < -0.39 is 0 Å². The Morgan fingerprint density at radius 3 is 1.47 bits per heavy atom. The van der Waals surface area contributed by atoms with Crippen LogP contribution in [0.1, 0.15) is 132 Å². The topological polar surface area (TPSA) is 36.0 Å². The molecule has 0 amide bonds. The third-order valence-corrected chi connectivity index (χ3v) is 18.4. The van der Waals surface area contributed by atoms with Crippen molar-refractivity contribution < 1.29 is 8.83 Å². The highest BCUT2D eigenvalue weighted by atomic mass is 16.3. The van der Waals surface area contributed by atoms with Crippen LogP contribution in [0.3, 0.4) is 0 Å². The summed E-state index contributed by atoms with van der Waals surface area (Å²) >= 11 is 0. The Morgan fingerprint density at radius 1 is 0.349 bits per heavy atom. The van der Waals surface area contributed by atoms with Gasteiger partial charge in [-0.2, -0.15) is 0 Å². The van der Waals surface area contributed by atoms with Gasteiger partial charge in [-0.05, 0) is 156 Å². The van der Waals surface area contributed by atoms with E-state index >= 15 is 0 Å². The zero-order valence-electron chi connectivity index (χ0n) is 52.8. The minimum absolute atomic E-state index is 0.0218. The van der Waals surface area contributed by atoms with Crippen LogP contribution < -0.4 is 25.5 Å². The monoisotopic (exact) mass is 1120 g/mol. The van der Waals surface area contributed by atoms with Gasteiger partial charge in [-0.3, -0.25) is 0 Å². The molecule has 10 aromatic carbocycles. The third kappa shape index (κ3) is 9.13. The first-order valence-electron chi connectivity index (χ1n) is 30.8. The number of hydrogen-bond donors (Lipinski definition) is 0. The van der Waals surface area contributed by atoms with E-state index in [1.54, 1.807) is 0 Å². The van der Waals surface area contributed by atoms with Crippen molar-refractivity contribution in [2.75, 3.05) is 14.6 Å². The summed E-state index contributed by atoms with van der Waals surface area (Å²) in [5, 5.41) is 4.28. The van der Waals surface area contributed by atoms with Crippen molar-refractivity contribution in [2.45, 2.75) is 131 Å². The van der Waals surface area contributed by atoms with Crippen molar-refractivity contribution in [3.05, 3.63) is 228 Å². The highest BCUT2D eigenvalue weighted by Crippen LogP contribution is 2.54. The van der Waals surface area contributed by atoms with Gasteiger partial charge in [-0.15, -0.1) is 0 Å². The van der Waals surface area contributed by atoms with Crippen LogP contribution in [0.15, 0.2) is 209 Å². The fraction of sp³-hybridized carbons (Fsp3) is 0.250. The van der Waals surface area contributed by atoms with Crippen LogP contribution in [0.25, 0.3) is 66.1 Å².